The first kappa shape index (κ1) is 13.0. The minimum atomic E-state index is 1.13. The van der Waals surface area contributed by atoms with Crippen molar-refractivity contribution in [2.75, 3.05) is 0 Å². The normalized spacial score (nSPS) is 36.7. The molecule has 0 aromatic heterocycles. The molecular formula is C18H32. The van der Waals surface area contributed by atoms with Crippen LogP contribution in [0.15, 0.2) is 0 Å². The minimum absolute atomic E-state index is 1.13. The molecule has 3 aliphatic carbocycles. The standard InChI is InChI=1S/C18H32/c1-2-5-10-15(9-4-1)17-13-8-14-18(17)16-11-6-3-7-12-16/h15-18H,1-14H2. The molecule has 0 spiro atoms. The highest BCUT2D eigenvalue weighted by molar-refractivity contribution is 4.88. The molecule has 0 amide bonds. The Bertz CT molecular complexity index is 230. The summed E-state index contributed by atoms with van der Waals surface area (Å²) in [6.45, 7) is 0. The summed E-state index contributed by atoms with van der Waals surface area (Å²) in [6.07, 6.45) is 21.8. The fraction of sp³-hybridized carbons (Fsp3) is 1.00. The molecule has 0 aromatic carbocycles. The van der Waals surface area contributed by atoms with Gasteiger partial charge in [-0.1, -0.05) is 77.0 Å². The lowest BCUT2D eigenvalue weighted by Crippen LogP contribution is -2.26. The van der Waals surface area contributed by atoms with Gasteiger partial charge in [0, 0.05) is 0 Å². The fourth-order valence-electron chi connectivity index (χ4n) is 5.49. The highest BCUT2D eigenvalue weighted by atomic mass is 14.4. The van der Waals surface area contributed by atoms with Gasteiger partial charge in [-0.3, -0.25) is 0 Å². The van der Waals surface area contributed by atoms with E-state index in [0.29, 0.717) is 0 Å². The van der Waals surface area contributed by atoms with E-state index in [2.05, 4.69) is 0 Å². The Balaban J connectivity index is 1.62. The molecule has 3 aliphatic rings. The van der Waals surface area contributed by atoms with Gasteiger partial charge in [0.05, 0.1) is 0 Å². The highest BCUT2D eigenvalue weighted by Gasteiger charge is 2.38. The molecule has 0 heteroatoms. The third-order valence-electron chi connectivity index (χ3n) is 6.39. The molecule has 3 rings (SSSR count). The van der Waals surface area contributed by atoms with Gasteiger partial charge in [-0.15, -0.1) is 0 Å². The van der Waals surface area contributed by atoms with Crippen LogP contribution >= 0.6 is 0 Å². The van der Waals surface area contributed by atoms with E-state index in [1.54, 1.807) is 70.6 Å². The van der Waals surface area contributed by atoms with E-state index in [1.165, 1.54) is 19.3 Å². The summed E-state index contributed by atoms with van der Waals surface area (Å²) in [4.78, 5) is 0. The summed E-state index contributed by atoms with van der Waals surface area (Å²) in [6, 6.07) is 0. The van der Waals surface area contributed by atoms with Crippen molar-refractivity contribution in [3.63, 3.8) is 0 Å². The Morgan fingerprint density at radius 3 is 1.17 bits per heavy atom. The Morgan fingerprint density at radius 1 is 0.333 bits per heavy atom. The first-order valence-electron chi connectivity index (χ1n) is 8.95. The Labute approximate surface area is 114 Å². The van der Waals surface area contributed by atoms with Crippen LogP contribution in [0.3, 0.4) is 0 Å². The largest absolute Gasteiger partial charge is 0.0533 e. The van der Waals surface area contributed by atoms with Crippen molar-refractivity contribution in [3.8, 4) is 0 Å². The maximum Gasteiger partial charge on any atom is -0.0355 e. The monoisotopic (exact) mass is 248 g/mol. The SMILES string of the molecule is C1CCCC(C2CCCC2C2CCCCC2)CC1. The maximum atomic E-state index is 1.59. The Kier molecular flexibility index (Phi) is 4.65. The van der Waals surface area contributed by atoms with Crippen LogP contribution in [0, 0.1) is 23.7 Å². The molecular weight excluding hydrogens is 216 g/mol. The van der Waals surface area contributed by atoms with Crippen molar-refractivity contribution < 1.29 is 0 Å². The maximum absolute atomic E-state index is 1.59. The second-order valence-corrected chi connectivity index (χ2v) is 7.41. The zero-order valence-electron chi connectivity index (χ0n) is 12.2. The highest BCUT2D eigenvalue weighted by Crippen LogP contribution is 2.48. The summed E-state index contributed by atoms with van der Waals surface area (Å²) in [7, 11) is 0. The minimum Gasteiger partial charge on any atom is -0.0533 e. The van der Waals surface area contributed by atoms with E-state index in [9.17, 15) is 0 Å². The summed E-state index contributed by atoms with van der Waals surface area (Å²) < 4.78 is 0. The first-order chi connectivity index (χ1) is 8.95. The molecule has 0 saturated heterocycles. The van der Waals surface area contributed by atoms with Crippen LogP contribution < -0.4 is 0 Å². The van der Waals surface area contributed by atoms with E-state index in [4.69, 9.17) is 0 Å². The third kappa shape index (κ3) is 2.94. The molecule has 0 N–H and O–H groups in total. The van der Waals surface area contributed by atoms with E-state index >= 15 is 0 Å². The number of hydrogen-bond acceptors (Lipinski definition) is 0. The average Bonchev–Trinajstić information content (AvgIpc) is 2.75. The number of hydrogen-bond donors (Lipinski definition) is 0. The molecule has 2 atom stereocenters. The Hall–Kier alpha value is 0. The van der Waals surface area contributed by atoms with Gasteiger partial charge in [0.2, 0.25) is 0 Å². The van der Waals surface area contributed by atoms with E-state index in [1.807, 2.05) is 0 Å². The van der Waals surface area contributed by atoms with Crippen LogP contribution in [-0.4, -0.2) is 0 Å². The third-order valence-corrected chi connectivity index (χ3v) is 6.39. The molecule has 0 nitrogen and oxygen atoms in total. The van der Waals surface area contributed by atoms with Gasteiger partial charge in [-0.25, -0.2) is 0 Å². The van der Waals surface area contributed by atoms with Gasteiger partial charge in [-0.05, 0) is 36.5 Å². The predicted molar refractivity (Wildman–Crippen MR) is 78.6 cm³/mol. The van der Waals surface area contributed by atoms with Crippen LogP contribution in [0.1, 0.15) is 89.9 Å². The van der Waals surface area contributed by atoms with Crippen LogP contribution in [0.25, 0.3) is 0 Å². The zero-order valence-corrected chi connectivity index (χ0v) is 12.2. The van der Waals surface area contributed by atoms with E-state index < -0.39 is 0 Å². The molecule has 3 fully saturated rings. The van der Waals surface area contributed by atoms with Crippen LogP contribution in [-0.2, 0) is 0 Å². The molecule has 0 bridgehead atoms. The molecule has 2 unspecified atom stereocenters. The second kappa shape index (κ2) is 6.44. The topological polar surface area (TPSA) is 0 Å². The van der Waals surface area contributed by atoms with Gasteiger partial charge in [0.15, 0.2) is 0 Å². The van der Waals surface area contributed by atoms with Crippen molar-refractivity contribution >= 4 is 0 Å². The summed E-state index contributed by atoms with van der Waals surface area (Å²) in [5, 5.41) is 0. The van der Waals surface area contributed by atoms with Crippen LogP contribution in [0.5, 0.6) is 0 Å². The van der Waals surface area contributed by atoms with Gasteiger partial charge in [0.1, 0.15) is 0 Å². The second-order valence-electron chi connectivity index (χ2n) is 7.41. The molecule has 104 valence electrons. The molecule has 3 saturated carbocycles. The van der Waals surface area contributed by atoms with Crippen molar-refractivity contribution in [2.24, 2.45) is 23.7 Å². The quantitative estimate of drug-likeness (QED) is 0.529. The molecule has 0 heterocycles. The van der Waals surface area contributed by atoms with Crippen molar-refractivity contribution in [1.29, 1.82) is 0 Å². The van der Waals surface area contributed by atoms with Gasteiger partial charge >= 0.3 is 0 Å². The summed E-state index contributed by atoms with van der Waals surface area (Å²) in [5.41, 5.74) is 0. The smallest absolute Gasteiger partial charge is 0.0355 e. The van der Waals surface area contributed by atoms with E-state index in [0.717, 1.165) is 23.7 Å². The van der Waals surface area contributed by atoms with Gasteiger partial charge < -0.3 is 0 Å². The number of rotatable bonds is 2. The Morgan fingerprint density at radius 2 is 0.722 bits per heavy atom. The summed E-state index contributed by atoms with van der Waals surface area (Å²) in [5.74, 6) is 4.55. The van der Waals surface area contributed by atoms with Gasteiger partial charge in [0.25, 0.3) is 0 Å². The van der Waals surface area contributed by atoms with Gasteiger partial charge in [-0.2, -0.15) is 0 Å². The average molecular weight is 248 g/mol. The van der Waals surface area contributed by atoms with Crippen LogP contribution in [0.2, 0.25) is 0 Å². The molecule has 0 aliphatic heterocycles. The van der Waals surface area contributed by atoms with E-state index in [-0.39, 0.29) is 0 Å². The first-order valence-corrected chi connectivity index (χ1v) is 8.95. The molecule has 0 aromatic rings. The van der Waals surface area contributed by atoms with Crippen molar-refractivity contribution in [1.82, 2.24) is 0 Å². The van der Waals surface area contributed by atoms with Crippen molar-refractivity contribution in [3.05, 3.63) is 0 Å². The van der Waals surface area contributed by atoms with Crippen LogP contribution in [0.4, 0.5) is 0 Å². The fourth-order valence-corrected chi connectivity index (χ4v) is 5.49. The lowest BCUT2D eigenvalue weighted by Gasteiger charge is -2.35. The van der Waals surface area contributed by atoms with Crippen molar-refractivity contribution in [2.45, 2.75) is 89.9 Å². The molecule has 0 radical (unpaired) electrons. The predicted octanol–water partition coefficient (Wildman–Crippen LogP) is 5.95. The lowest BCUT2D eigenvalue weighted by molar-refractivity contribution is 0.147. The zero-order chi connectivity index (χ0) is 12.2. The lowest BCUT2D eigenvalue weighted by atomic mass is 9.70. The summed E-state index contributed by atoms with van der Waals surface area (Å²) >= 11 is 0. The molecule has 18 heavy (non-hydrogen) atoms.